The zero-order chi connectivity index (χ0) is 17.3. The molecule has 0 spiro atoms. The topological polar surface area (TPSA) is 84.1 Å². The van der Waals surface area contributed by atoms with Gasteiger partial charge in [-0.1, -0.05) is 6.92 Å². The van der Waals surface area contributed by atoms with Crippen LogP contribution in [0.25, 0.3) is 0 Å². The van der Waals surface area contributed by atoms with Crippen LogP contribution in [0.15, 0.2) is 30.5 Å². The monoisotopic (exact) mass is 325 g/mol. The molecule has 1 aromatic carbocycles. The molecule has 2 atom stereocenters. The van der Waals surface area contributed by atoms with Crippen molar-refractivity contribution in [2.24, 2.45) is 5.73 Å². The van der Waals surface area contributed by atoms with Gasteiger partial charge in [-0.3, -0.25) is 4.79 Å². The minimum absolute atomic E-state index is 0.0785. The summed E-state index contributed by atoms with van der Waals surface area (Å²) in [6.07, 6.45) is 3.73. The number of carbonyl (C=O) groups excluding carboxylic acids is 1. The third kappa shape index (κ3) is 3.04. The van der Waals surface area contributed by atoms with Crippen molar-refractivity contribution >= 4 is 17.4 Å². The van der Waals surface area contributed by atoms with Gasteiger partial charge in [0.15, 0.2) is 0 Å². The average molecular weight is 325 g/mol. The molecule has 2 heterocycles. The maximum Gasteiger partial charge on any atom is 0.248 e. The van der Waals surface area contributed by atoms with E-state index in [-0.39, 0.29) is 6.04 Å². The van der Waals surface area contributed by atoms with Crippen LogP contribution in [0.4, 0.5) is 11.5 Å². The first kappa shape index (κ1) is 16.2. The number of rotatable bonds is 4. The molecule has 0 aliphatic carbocycles. The highest BCUT2D eigenvalue weighted by atomic mass is 16.1. The summed E-state index contributed by atoms with van der Waals surface area (Å²) < 4.78 is 0. The predicted molar refractivity (Wildman–Crippen MR) is 95.2 cm³/mol. The van der Waals surface area contributed by atoms with E-state index in [4.69, 9.17) is 5.73 Å². The lowest BCUT2D eigenvalue weighted by Crippen LogP contribution is -2.39. The summed E-state index contributed by atoms with van der Waals surface area (Å²) in [4.78, 5) is 22.4. The summed E-state index contributed by atoms with van der Waals surface area (Å²) in [5.41, 5.74) is 8.19. The second-order valence-corrected chi connectivity index (χ2v) is 6.23. The molecule has 1 amide bonds. The zero-order valence-electron chi connectivity index (χ0n) is 14.3. The van der Waals surface area contributed by atoms with Gasteiger partial charge < -0.3 is 16.0 Å². The molecule has 126 valence electrons. The lowest BCUT2D eigenvalue weighted by Gasteiger charge is -2.40. The lowest BCUT2D eigenvalue weighted by atomic mass is 9.89. The first-order valence-corrected chi connectivity index (χ1v) is 8.22. The van der Waals surface area contributed by atoms with Crippen molar-refractivity contribution in [3.63, 3.8) is 0 Å². The van der Waals surface area contributed by atoms with Gasteiger partial charge in [-0.15, -0.1) is 0 Å². The quantitative estimate of drug-likeness (QED) is 0.903. The molecule has 0 fully saturated rings. The maximum absolute atomic E-state index is 11.6. The van der Waals surface area contributed by atoms with E-state index in [0.717, 1.165) is 35.7 Å². The predicted octanol–water partition coefficient (Wildman–Crippen LogP) is 2.66. The summed E-state index contributed by atoms with van der Waals surface area (Å²) in [5, 5.41) is 3.50. The SMILES string of the molecule is CCC1CC(Nc2ccnc(C)n2)c2cc(C(N)=O)ccc2N1C. The lowest BCUT2D eigenvalue weighted by molar-refractivity contribution is 0.1000. The Labute approximate surface area is 142 Å². The Bertz CT molecular complexity index is 761. The first-order valence-electron chi connectivity index (χ1n) is 8.22. The molecule has 24 heavy (non-hydrogen) atoms. The van der Waals surface area contributed by atoms with Crippen LogP contribution in [0.1, 0.15) is 47.6 Å². The van der Waals surface area contributed by atoms with E-state index in [1.54, 1.807) is 12.3 Å². The molecule has 1 aliphatic rings. The Hall–Kier alpha value is -2.63. The van der Waals surface area contributed by atoms with Gasteiger partial charge in [0.05, 0.1) is 6.04 Å². The van der Waals surface area contributed by atoms with Gasteiger partial charge in [0.2, 0.25) is 5.91 Å². The van der Waals surface area contributed by atoms with E-state index >= 15 is 0 Å². The fraction of sp³-hybridized carbons (Fsp3) is 0.389. The zero-order valence-corrected chi connectivity index (χ0v) is 14.3. The van der Waals surface area contributed by atoms with Gasteiger partial charge >= 0.3 is 0 Å². The number of aromatic nitrogens is 2. The van der Waals surface area contributed by atoms with Gasteiger partial charge in [-0.05, 0) is 49.6 Å². The molecule has 3 rings (SSSR count). The Morgan fingerprint density at radius 1 is 1.42 bits per heavy atom. The van der Waals surface area contributed by atoms with Crippen molar-refractivity contribution in [1.29, 1.82) is 0 Å². The molecule has 0 bridgehead atoms. The molecule has 2 aromatic rings. The van der Waals surface area contributed by atoms with Crippen molar-refractivity contribution < 1.29 is 4.79 Å². The number of hydrogen-bond acceptors (Lipinski definition) is 5. The Kier molecular flexibility index (Phi) is 4.38. The second kappa shape index (κ2) is 6.47. The van der Waals surface area contributed by atoms with Gasteiger partial charge in [-0.25, -0.2) is 9.97 Å². The van der Waals surface area contributed by atoms with Crippen LogP contribution < -0.4 is 16.0 Å². The largest absolute Gasteiger partial charge is 0.371 e. The normalized spacial score (nSPS) is 19.7. The van der Waals surface area contributed by atoms with E-state index in [1.807, 2.05) is 25.1 Å². The number of hydrogen-bond donors (Lipinski definition) is 2. The fourth-order valence-electron chi connectivity index (χ4n) is 3.35. The molecule has 3 N–H and O–H groups in total. The highest BCUT2D eigenvalue weighted by Crippen LogP contribution is 2.39. The molecule has 6 heteroatoms. The maximum atomic E-state index is 11.6. The van der Waals surface area contributed by atoms with Gasteiger partial charge in [-0.2, -0.15) is 0 Å². The molecular weight excluding hydrogens is 302 g/mol. The number of primary amides is 1. The Balaban J connectivity index is 2.01. The minimum atomic E-state index is -0.408. The number of nitrogens with one attached hydrogen (secondary N) is 1. The third-order valence-corrected chi connectivity index (χ3v) is 4.69. The van der Waals surface area contributed by atoms with Crippen LogP contribution in [0.2, 0.25) is 0 Å². The number of fused-ring (bicyclic) bond motifs is 1. The number of nitrogens with two attached hydrogens (primary N) is 1. The van der Waals surface area contributed by atoms with E-state index in [1.165, 1.54) is 0 Å². The van der Waals surface area contributed by atoms with E-state index in [2.05, 4.69) is 34.2 Å². The first-order chi connectivity index (χ1) is 11.5. The second-order valence-electron chi connectivity index (χ2n) is 6.23. The standard InChI is InChI=1S/C18H23N5O/c1-4-13-10-15(22-17-7-8-20-11(2)21-17)14-9-12(18(19)24)5-6-16(14)23(13)3/h5-9,13,15H,4,10H2,1-3H3,(H2,19,24)(H,20,21,22). The number of aryl methyl sites for hydroxylation is 1. The highest BCUT2D eigenvalue weighted by Gasteiger charge is 2.30. The molecular formula is C18H23N5O. The smallest absolute Gasteiger partial charge is 0.248 e. The van der Waals surface area contributed by atoms with Crippen molar-refractivity contribution in [3.8, 4) is 0 Å². The molecule has 0 radical (unpaired) electrons. The van der Waals surface area contributed by atoms with Crippen molar-refractivity contribution in [2.75, 3.05) is 17.3 Å². The summed E-state index contributed by atoms with van der Waals surface area (Å²) in [6.45, 7) is 4.06. The number of amides is 1. The number of carbonyl (C=O) groups is 1. The Morgan fingerprint density at radius 3 is 2.88 bits per heavy atom. The molecule has 0 saturated heterocycles. The summed E-state index contributed by atoms with van der Waals surface area (Å²) in [5.74, 6) is 1.11. The number of anilines is 2. The minimum Gasteiger partial charge on any atom is -0.371 e. The molecule has 2 unspecified atom stereocenters. The van der Waals surface area contributed by atoms with Crippen LogP contribution >= 0.6 is 0 Å². The highest BCUT2D eigenvalue weighted by molar-refractivity contribution is 5.93. The van der Waals surface area contributed by atoms with E-state index in [0.29, 0.717) is 11.6 Å². The van der Waals surface area contributed by atoms with Crippen LogP contribution in [0, 0.1) is 6.92 Å². The van der Waals surface area contributed by atoms with Crippen molar-refractivity contribution in [1.82, 2.24) is 9.97 Å². The number of benzene rings is 1. The van der Waals surface area contributed by atoms with Gasteiger partial charge in [0, 0.05) is 30.5 Å². The summed E-state index contributed by atoms with van der Waals surface area (Å²) in [6, 6.07) is 8.04. The third-order valence-electron chi connectivity index (χ3n) is 4.69. The molecule has 0 saturated carbocycles. The van der Waals surface area contributed by atoms with Crippen LogP contribution in [0.3, 0.4) is 0 Å². The van der Waals surface area contributed by atoms with E-state index in [9.17, 15) is 4.79 Å². The Morgan fingerprint density at radius 2 is 2.21 bits per heavy atom. The van der Waals surface area contributed by atoms with Crippen LogP contribution in [-0.4, -0.2) is 29.0 Å². The van der Waals surface area contributed by atoms with Crippen molar-refractivity contribution in [3.05, 3.63) is 47.4 Å². The fourth-order valence-corrected chi connectivity index (χ4v) is 3.35. The molecule has 1 aromatic heterocycles. The van der Waals surface area contributed by atoms with Crippen molar-refractivity contribution in [2.45, 2.75) is 38.8 Å². The average Bonchev–Trinajstić information content (AvgIpc) is 2.57. The summed E-state index contributed by atoms with van der Waals surface area (Å²) >= 11 is 0. The van der Waals surface area contributed by atoms with Crippen LogP contribution in [0.5, 0.6) is 0 Å². The molecule has 6 nitrogen and oxygen atoms in total. The van der Waals surface area contributed by atoms with Gasteiger partial charge in [0.25, 0.3) is 0 Å². The van der Waals surface area contributed by atoms with Gasteiger partial charge in [0.1, 0.15) is 11.6 Å². The number of nitrogens with zero attached hydrogens (tertiary/aromatic N) is 3. The van der Waals surface area contributed by atoms with E-state index < -0.39 is 5.91 Å². The summed E-state index contributed by atoms with van der Waals surface area (Å²) in [7, 11) is 2.10. The van der Waals surface area contributed by atoms with Crippen LogP contribution in [-0.2, 0) is 0 Å². The molecule has 1 aliphatic heterocycles.